The van der Waals surface area contributed by atoms with E-state index in [-0.39, 0.29) is 12.2 Å². The number of ether oxygens (including phenoxy) is 2. The fourth-order valence-electron chi connectivity index (χ4n) is 3.30. The summed E-state index contributed by atoms with van der Waals surface area (Å²) in [6.45, 7) is 4.39. The standard InChI is InChI=1S/C23H22N2O3/c1-16-13-19(14-20(15-24)23(26)28-12-11-27-3)17(2)25(16)22-10-6-8-18-7-4-5-9-21(18)22/h4-10,13-14H,11-12H2,1-3H3. The Morgan fingerprint density at radius 3 is 2.64 bits per heavy atom. The molecule has 0 radical (unpaired) electrons. The lowest BCUT2D eigenvalue weighted by atomic mass is 10.1. The molecule has 5 nitrogen and oxygen atoms in total. The zero-order chi connectivity index (χ0) is 20.1. The van der Waals surface area contributed by atoms with Crippen LogP contribution >= 0.6 is 0 Å². The number of carbonyl (C=O) groups is 1. The molecule has 1 aromatic heterocycles. The number of methoxy groups -OCH3 is 1. The second-order valence-corrected chi connectivity index (χ2v) is 6.46. The molecule has 2 aromatic carbocycles. The van der Waals surface area contributed by atoms with E-state index in [4.69, 9.17) is 9.47 Å². The highest BCUT2D eigenvalue weighted by Crippen LogP contribution is 2.28. The van der Waals surface area contributed by atoms with Crippen LogP contribution in [0.5, 0.6) is 0 Å². The van der Waals surface area contributed by atoms with Gasteiger partial charge in [0.15, 0.2) is 0 Å². The van der Waals surface area contributed by atoms with Crippen LogP contribution in [-0.4, -0.2) is 30.9 Å². The van der Waals surface area contributed by atoms with Gasteiger partial charge in [0.2, 0.25) is 0 Å². The molecule has 0 aliphatic heterocycles. The average molecular weight is 374 g/mol. The van der Waals surface area contributed by atoms with E-state index in [1.54, 1.807) is 6.08 Å². The Bertz CT molecular complexity index is 1080. The number of nitriles is 1. The van der Waals surface area contributed by atoms with Crippen LogP contribution in [0.15, 0.2) is 54.1 Å². The molecule has 0 saturated heterocycles. The van der Waals surface area contributed by atoms with Crippen molar-refractivity contribution in [3.63, 3.8) is 0 Å². The molecule has 0 amide bonds. The molecule has 0 N–H and O–H groups in total. The molecule has 142 valence electrons. The molecule has 0 unspecified atom stereocenters. The minimum Gasteiger partial charge on any atom is -0.459 e. The Kier molecular flexibility index (Phi) is 5.93. The van der Waals surface area contributed by atoms with Gasteiger partial charge in [-0.05, 0) is 43.0 Å². The molecule has 0 spiro atoms. The summed E-state index contributed by atoms with van der Waals surface area (Å²) in [7, 11) is 1.52. The van der Waals surface area contributed by atoms with Crippen molar-refractivity contribution in [2.45, 2.75) is 13.8 Å². The third kappa shape index (κ3) is 3.83. The zero-order valence-corrected chi connectivity index (χ0v) is 16.2. The van der Waals surface area contributed by atoms with E-state index in [1.807, 2.05) is 44.2 Å². The van der Waals surface area contributed by atoms with Gasteiger partial charge in [-0.3, -0.25) is 0 Å². The van der Waals surface area contributed by atoms with Crippen molar-refractivity contribution >= 4 is 22.8 Å². The summed E-state index contributed by atoms with van der Waals surface area (Å²) in [6.07, 6.45) is 1.58. The fraction of sp³-hybridized carbons (Fsp3) is 0.217. The van der Waals surface area contributed by atoms with Crippen molar-refractivity contribution in [3.05, 3.63) is 71.1 Å². The van der Waals surface area contributed by atoms with Crippen molar-refractivity contribution in [1.82, 2.24) is 4.57 Å². The molecular weight excluding hydrogens is 352 g/mol. The van der Waals surface area contributed by atoms with Crippen LogP contribution in [0.1, 0.15) is 17.0 Å². The van der Waals surface area contributed by atoms with E-state index in [9.17, 15) is 10.1 Å². The maximum absolute atomic E-state index is 12.1. The Hall–Kier alpha value is -3.36. The van der Waals surface area contributed by atoms with Crippen LogP contribution in [0, 0.1) is 25.2 Å². The quantitative estimate of drug-likeness (QED) is 0.279. The Labute approximate surface area is 164 Å². The molecule has 3 rings (SSSR count). The van der Waals surface area contributed by atoms with E-state index in [1.165, 1.54) is 7.11 Å². The molecular formula is C23H22N2O3. The maximum atomic E-state index is 12.1. The first-order valence-electron chi connectivity index (χ1n) is 9.01. The topological polar surface area (TPSA) is 64.2 Å². The second-order valence-electron chi connectivity index (χ2n) is 6.46. The molecule has 5 heteroatoms. The first kappa shape index (κ1) is 19.4. The van der Waals surface area contributed by atoms with Gasteiger partial charge in [-0.25, -0.2) is 4.79 Å². The molecule has 0 bridgehead atoms. The van der Waals surface area contributed by atoms with Crippen molar-refractivity contribution in [3.8, 4) is 11.8 Å². The number of esters is 1. The Morgan fingerprint density at radius 2 is 1.89 bits per heavy atom. The summed E-state index contributed by atoms with van der Waals surface area (Å²) in [6, 6.07) is 18.3. The van der Waals surface area contributed by atoms with Crippen molar-refractivity contribution in [2.24, 2.45) is 0 Å². The van der Waals surface area contributed by atoms with Crippen LogP contribution in [-0.2, 0) is 14.3 Å². The highest BCUT2D eigenvalue weighted by molar-refractivity contribution is 5.98. The van der Waals surface area contributed by atoms with Crippen molar-refractivity contribution < 1.29 is 14.3 Å². The van der Waals surface area contributed by atoms with E-state index >= 15 is 0 Å². The number of benzene rings is 2. The lowest BCUT2D eigenvalue weighted by Gasteiger charge is -2.13. The number of rotatable bonds is 6. The minimum atomic E-state index is -0.644. The number of hydrogen-bond donors (Lipinski definition) is 0. The van der Waals surface area contributed by atoms with Gasteiger partial charge in [0.1, 0.15) is 18.2 Å². The molecule has 3 aromatic rings. The molecule has 0 fully saturated rings. The number of carbonyl (C=O) groups excluding carboxylic acids is 1. The third-order valence-electron chi connectivity index (χ3n) is 4.64. The highest BCUT2D eigenvalue weighted by atomic mass is 16.6. The van der Waals surface area contributed by atoms with E-state index in [0.717, 1.165) is 33.4 Å². The maximum Gasteiger partial charge on any atom is 0.348 e. The van der Waals surface area contributed by atoms with Crippen LogP contribution in [0.2, 0.25) is 0 Å². The monoisotopic (exact) mass is 374 g/mol. The minimum absolute atomic E-state index is 0.0331. The van der Waals surface area contributed by atoms with Gasteiger partial charge < -0.3 is 14.0 Å². The van der Waals surface area contributed by atoms with Crippen molar-refractivity contribution in [1.29, 1.82) is 5.26 Å². The number of nitrogens with zero attached hydrogens (tertiary/aromatic N) is 2. The molecule has 0 aliphatic carbocycles. The summed E-state index contributed by atoms with van der Waals surface area (Å²) in [5, 5.41) is 11.7. The molecule has 28 heavy (non-hydrogen) atoms. The SMILES string of the molecule is COCCOC(=O)C(C#N)=Cc1cc(C)n(-c2cccc3ccccc23)c1C. The molecule has 0 aliphatic rings. The number of fused-ring (bicyclic) bond motifs is 1. The van der Waals surface area contributed by atoms with Gasteiger partial charge in [0.05, 0.1) is 12.3 Å². The Balaban J connectivity index is 2.02. The van der Waals surface area contributed by atoms with Gasteiger partial charge in [-0.15, -0.1) is 0 Å². The smallest absolute Gasteiger partial charge is 0.348 e. The first-order chi connectivity index (χ1) is 13.6. The summed E-state index contributed by atoms with van der Waals surface area (Å²) >= 11 is 0. The normalized spacial score (nSPS) is 11.4. The molecule has 0 atom stereocenters. The number of aromatic nitrogens is 1. The Morgan fingerprint density at radius 1 is 1.14 bits per heavy atom. The average Bonchev–Trinajstić information content (AvgIpc) is 2.98. The summed E-state index contributed by atoms with van der Waals surface area (Å²) in [5.74, 6) is -0.644. The molecule has 0 saturated carbocycles. The van der Waals surface area contributed by atoms with Gasteiger partial charge >= 0.3 is 5.97 Å². The third-order valence-corrected chi connectivity index (χ3v) is 4.64. The van der Waals surface area contributed by atoms with Crippen LogP contribution in [0.4, 0.5) is 0 Å². The number of aryl methyl sites for hydroxylation is 1. The molecule has 1 heterocycles. The van der Waals surface area contributed by atoms with Gasteiger partial charge in [-0.2, -0.15) is 5.26 Å². The van der Waals surface area contributed by atoms with Gasteiger partial charge in [0, 0.05) is 23.9 Å². The summed E-state index contributed by atoms with van der Waals surface area (Å²) in [5.41, 5.74) is 3.81. The first-order valence-corrected chi connectivity index (χ1v) is 9.01. The van der Waals surface area contributed by atoms with E-state index in [2.05, 4.69) is 28.8 Å². The predicted molar refractivity (Wildman–Crippen MR) is 109 cm³/mol. The lowest BCUT2D eigenvalue weighted by Crippen LogP contribution is -2.11. The summed E-state index contributed by atoms with van der Waals surface area (Å²) in [4.78, 5) is 12.1. The van der Waals surface area contributed by atoms with E-state index < -0.39 is 5.97 Å². The van der Waals surface area contributed by atoms with Gasteiger partial charge in [0.25, 0.3) is 0 Å². The predicted octanol–water partition coefficient (Wildman–Crippen LogP) is 4.34. The lowest BCUT2D eigenvalue weighted by molar-refractivity contribution is -0.139. The second kappa shape index (κ2) is 8.55. The number of hydrogen-bond acceptors (Lipinski definition) is 4. The highest BCUT2D eigenvalue weighted by Gasteiger charge is 2.15. The van der Waals surface area contributed by atoms with Crippen LogP contribution < -0.4 is 0 Å². The van der Waals surface area contributed by atoms with Gasteiger partial charge in [-0.1, -0.05) is 36.4 Å². The van der Waals surface area contributed by atoms with Crippen molar-refractivity contribution in [2.75, 3.05) is 20.3 Å². The fourth-order valence-corrected chi connectivity index (χ4v) is 3.30. The van der Waals surface area contributed by atoms with Crippen LogP contribution in [0.3, 0.4) is 0 Å². The largest absolute Gasteiger partial charge is 0.459 e. The van der Waals surface area contributed by atoms with Crippen LogP contribution in [0.25, 0.3) is 22.5 Å². The summed E-state index contributed by atoms with van der Waals surface area (Å²) < 4.78 is 12.1. The van der Waals surface area contributed by atoms with E-state index in [0.29, 0.717) is 6.61 Å². The zero-order valence-electron chi connectivity index (χ0n) is 16.2.